The topological polar surface area (TPSA) is 71.4 Å². The largest absolute Gasteiger partial charge is 0.340 e. The van der Waals surface area contributed by atoms with Crippen molar-refractivity contribution < 1.29 is 13.2 Å². The SMILES string of the molecule is CCCN1CCn2cc(S(=O)(=O)Nc3ccc(C)cc3)cc2C1=O. The number of carbonyl (C=O) groups excluding carboxylic acids is 1. The van der Waals surface area contributed by atoms with Gasteiger partial charge in [0.25, 0.3) is 15.9 Å². The molecule has 24 heavy (non-hydrogen) atoms. The Morgan fingerprint density at radius 2 is 1.88 bits per heavy atom. The van der Waals surface area contributed by atoms with Crippen molar-refractivity contribution >= 4 is 21.6 Å². The molecule has 128 valence electrons. The van der Waals surface area contributed by atoms with Gasteiger partial charge < -0.3 is 9.47 Å². The molecule has 1 amide bonds. The first-order valence-electron chi connectivity index (χ1n) is 7.99. The van der Waals surface area contributed by atoms with Crippen LogP contribution in [0.15, 0.2) is 41.4 Å². The Bertz CT molecular complexity index is 854. The van der Waals surface area contributed by atoms with Gasteiger partial charge in [-0.15, -0.1) is 0 Å². The maximum atomic E-state index is 12.6. The van der Waals surface area contributed by atoms with E-state index < -0.39 is 10.0 Å². The van der Waals surface area contributed by atoms with Crippen molar-refractivity contribution in [3.8, 4) is 0 Å². The lowest BCUT2D eigenvalue weighted by atomic mass is 10.2. The lowest BCUT2D eigenvalue weighted by Crippen LogP contribution is -2.40. The van der Waals surface area contributed by atoms with Crippen LogP contribution in [-0.2, 0) is 16.6 Å². The minimum Gasteiger partial charge on any atom is -0.340 e. The van der Waals surface area contributed by atoms with Crippen LogP contribution in [0.4, 0.5) is 5.69 Å². The predicted molar refractivity (Wildman–Crippen MR) is 92.6 cm³/mol. The molecule has 1 aromatic carbocycles. The van der Waals surface area contributed by atoms with Crippen molar-refractivity contribution in [2.45, 2.75) is 31.7 Å². The average molecular weight is 347 g/mol. The third-order valence-electron chi connectivity index (χ3n) is 4.10. The fourth-order valence-corrected chi connectivity index (χ4v) is 3.90. The van der Waals surface area contributed by atoms with E-state index in [0.717, 1.165) is 12.0 Å². The van der Waals surface area contributed by atoms with E-state index >= 15 is 0 Å². The highest BCUT2D eigenvalue weighted by Gasteiger charge is 2.27. The van der Waals surface area contributed by atoms with Crippen LogP contribution in [0, 0.1) is 6.92 Å². The molecule has 1 aliphatic rings. The number of rotatable bonds is 5. The summed E-state index contributed by atoms with van der Waals surface area (Å²) < 4.78 is 29.4. The molecular formula is C17H21N3O3S. The van der Waals surface area contributed by atoms with Crippen LogP contribution in [0.2, 0.25) is 0 Å². The van der Waals surface area contributed by atoms with Crippen molar-refractivity contribution in [1.82, 2.24) is 9.47 Å². The van der Waals surface area contributed by atoms with Gasteiger partial charge in [-0.3, -0.25) is 9.52 Å². The summed E-state index contributed by atoms with van der Waals surface area (Å²) >= 11 is 0. The van der Waals surface area contributed by atoms with E-state index in [2.05, 4.69) is 4.72 Å². The fourth-order valence-electron chi connectivity index (χ4n) is 2.81. The van der Waals surface area contributed by atoms with Crippen molar-refractivity contribution in [2.24, 2.45) is 0 Å². The predicted octanol–water partition coefficient (Wildman–Crippen LogP) is 2.46. The van der Waals surface area contributed by atoms with Gasteiger partial charge in [0.15, 0.2) is 0 Å². The Labute approximate surface area is 142 Å². The van der Waals surface area contributed by atoms with Crippen molar-refractivity contribution in [2.75, 3.05) is 17.8 Å². The van der Waals surface area contributed by atoms with Crippen molar-refractivity contribution in [3.05, 3.63) is 47.8 Å². The Balaban J connectivity index is 1.86. The van der Waals surface area contributed by atoms with Crippen molar-refractivity contribution in [3.63, 3.8) is 0 Å². The van der Waals surface area contributed by atoms with Gasteiger partial charge in [0, 0.05) is 31.5 Å². The van der Waals surface area contributed by atoms with E-state index in [1.165, 1.54) is 12.3 Å². The van der Waals surface area contributed by atoms with Crippen LogP contribution < -0.4 is 4.72 Å². The summed E-state index contributed by atoms with van der Waals surface area (Å²) in [5.41, 5.74) is 1.99. The van der Waals surface area contributed by atoms with Crippen LogP contribution in [0.5, 0.6) is 0 Å². The number of fused-ring (bicyclic) bond motifs is 1. The van der Waals surface area contributed by atoms with Gasteiger partial charge in [0.05, 0.1) is 0 Å². The zero-order chi connectivity index (χ0) is 17.3. The van der Waals surface area contributed by atoms with Gasteiger partial charge in [-0.1, -0.05) is 24.6 Å². The van der Waals surface area contributed by atoms with Gasteiger partial charge in [0.1, 0.15) is 10.6 Å². The normalized spacial score (nSPS) is 14.6. The van der Waals surface area contributed by atoms with Gasteiger partial charge in [-0.05, 0) is 31.5 Å². The molecule has 1 aromatic heterocycles. The number of aryl methyl sites for hydroxylation is 1. The van der Waals surface area contributed by atoms with Gasteiger partial charge in [0.2, 0.25) is 0 Å². The number of hydrogen-bond donors (Lipinski definition) is 1. The molecule has 0 bridgehead atoms. The van der Waals surface area contributed by atoms with E-state index in [-0.39, 0.29) is 10.8 Å². The van der Waals surface area contributed by atoms with Crippen LogP contribution in [0.1, 0.15) is 29.4 Å². The molecule has 7 heteroatoms. The Hall–Kier alpha value is -2.28. The summed E-state index contributed by atoms with van der Waals surface area (Å²) in [7, 11) is -3.72. The molecule has 0 radical (unpaired) electrons. The summed E-state index contributed by atoms with van der Waals surface area (Å²) in [5.74, 6) is -0.111. The van der Waals surface area contributed by atoms with E-state index in [1.54, 1.807) is 21.6 Å². The number of benzene rings is 1. The standard InChI is InChI=1S/C17H21N3O3S/c1-3-8-19-9-10-20-12-15(11-16(20)17(19)21)24(22,23)18-14-6-4-13(2)5-7-14/h4-7,11-12,18H,3,8-10H2,1-2H3. The molecule has 1 aliphatic heterocycles. The highest BCUT2D eigenvalue weighted by Crippen LogP contribution is 2.22. The Morgan fingerprint density at radius 3 is 2.54 bits per heavy atom. The fraction of sp³-hybridized carbons (Fsp3) is 0.353. The quantitative estimate of drug-likeness (QED) is 0.903. The molecule has 2 aromatic rings. The number of aromatic nitrogens is 1. The lowest BCUT2D eigenvalue weighted by Gasteiger charge is -2.27. The maximum absolute atomic E-state index is 12.6. The Morgan fingerprint density at radius 1 is 1.17 bits per heavy atom. The molecule has 2 heterocycles. The highest BCUT2D eigenvalue weighted by atomic mass is 32.2. The van der Waals surface area contributed by atoms with Crippen molar-refractivity contribution in [1.29, 1.82) is 0 Å². The molecule has 0 spiro atoms. The first-order valence-corrected chi connectivity index (χ1v) is 9.48. The summed E-state index contributed by atoms with van der Waals surface area (Å²) in [6.07, 6.45) is 2.42. The number of carbonyl (C=O) groups is 1. The van der Waals surface area contributed by atoms with Crippen LogP contribution in [0.3, 0.4) is 0 Å². The van der Waals surface area contributed by atoms with E-state index in [4.69, 9.17) is 0 Å². The molecule has 6 nitrogen and oxygen atoms in total. The smallest absolute Gasteiger partial charge is 0.270 e. The summed E-state index contributed by atoms with van der Waals surface area (Å²) in [5, 5.41) is 0. The second-order valence-electron chi connectivity index (χ2n) is 6.02. The number of hydrogen-bond acceptors (Lipinski definition) is 3. The number of anilines is 1. The second kappa shape index (κ2) is 6.32. The minimum absolute atomic E-state index is 0.111. The zero-order valence-corrected chi connectivity index (χ0v) is 14.6. The molecule has 1 N–H and O–H groups in total. The maximum Gasteiger partial charge on any atom is 0.270 e. The van der Waals surface area contributed by atoms with Crippen LogP contribution in [-0.4, -0.2) is 36.9 Å². The molecular weight excluding hydrogens is 326 g/mol. The average Bonchev–Trinajstić information content (AvgIpc) is 2.98. The number of nitrogens with one attached hydrogen (secondary N) is 1. The van der Waals surface area contributed by atoms with Crippen LogP contribution >= 0.6 is 0 Å². The van der Waals surface area contributed by atoms with Gasteiger partial charge >= 0.3 is 0 Å². The van der Waals surface area contributed by atoms with E-state index in [1.807, 2.05) is 26.0 Å². The first-order chi connectivity index (χ1) is 11.4. The number of amides is 1. The molecule has 0 saturated heterocycles. The summed E-state index contributed by atoms with van der Waals surface area (Å²) in [6.45, 7) is 5.87. The third kappa shape index (κ3) is 3.17. The second-order valence-corrected chi connectivity index (χ2v) is 7.70. The highest BCUT2D eigenvalue weighted by molar-refractivity contribution is 7.92. The molecule has 0 aliphatic carbocycles. The summed E-state index contributed by atoms with van der Waals surface area (Å²) in [6, 6.07) is 8.58. The van der Waals surface area contributed by atoms with Crippen LogP contribution in [0.25, 0.3) is 0 Å². The molecule has 0 atom stereocenters. The van der Waals surface area contributed by atoms with E-state index in [0.29, 0.717) is 31.0 Å². The zero-order valence-electron chi connectivity index (χ0n) is 13.8. The number of nitrogens with zero attached hydrogens (tertiary/aromatic N) is 2. The molecule has 3 rings (SSSR count). The van der Waals surface area contributed by atoms with Gasteiger partial charge in [-0.25, -0.2) is 8.42 Å². The first kappa shape index (κ1) is 16.6. The summed E-state index contributed by atoms with van der Waals surface area (Å²) in [4.78, 5) is 14.3. The third-order valence-corrected chi connectivity index (χ3v) is 5.44. The lowest BCUT2D eigenvalue weighted by molar-refractivity contribution is 0.0705. The molecule has 0 fully saturated rings. The molecule has 0 unspecified atom stereocenters. The molecule has 0 saturated carbocycles. The Kier molecular flexibility index (Phi) is 4.36. The monoisotopic (exact) mass is 347 g/mol. The van der Waals surface area contributed by atoms with E-state index in [9.17, 15) is 13.2 Å². The van der Waals surface area contributed by atoms with Gasteiger partial charge in [-0.2, -0.15) is 0 Å². The number of sulfonamides is 1. The minimum atomic E-state index is -3.72.